The van der Waals surface area contributed by atoms with Crippen molar-refractivity contribution < 1.29 is 8.42 Å². The molecule has 0 atom stereocenters. The van der Waals surface area contributed by atoms with Crippen molar-refractivity contribution in [2.45, 2.75) is 4.90 Å². The molecule has 0 aromatic heterocycles. The second kappa shape index (κ2) is 3.50. The predicted molar refractivity (Wildman–Crippen MR) is 46.6 cm³/mol. The number of nitrogens with zero attached hydrogens (tertiary/aromatic N) is 1. The van der Waals surface area contributed by atoms with Crippen LogP contribution in [0.4, 0.5) is 5.69 Å². The van der Waals surface area contributed by atoms with Crippen LogP contribution in [0.3, 0.4) is 0 Å². The molecule has 0 saturated carbocycles. The molecule has 7 heteroatoms. The van der Waals surface area contributed by atoms with Gasteiger partial charge in [0.15, 0.2) is 0 Å². The minimum absolute atomic E-state index is 0.0306. The largest absolute Gasteiger partial charge is 0.260 e. The molecule has 0 aliphatic heterocycles. The average molecular weight is 200 g/mol. The fourth-order valence-corrected chi connectivity index (χ4v) is 1.30. The standard InChI is InChI=1S/C6H8N4O2S/c7-10-9-5-1-3-6(4-2-5)13(8,11)12/h1-4H,(H2,7,9)(H2,8,11,12). The van der Waals surface area contributed by atoms with Crippen LogP contribution in [0.2, 0.25) is 0 Å². The Morgan fingerprint density at radius 3 is 2.23 bits per heavy atom. The Kier molecular flexibility index (Phi) is 2.59. The van der Waals surface area contributed by atoms with E-state index in [1.807, 2.05) is 0 Å². The molecule has 0 fully saturated rings. The van der Waals surface area contributed by atoms with Crippen LogP contribution in [0.25, 0.3) is 0 Å². The molecular weight excluding hydrogens is 192 g/mol. The van der Waals surface area contributed by atoms with Crippen LogP contribution >= 0.6 is 0 Å². The van der Waals surface area contributed by atoms with Gasteiger partial charge in [-0.25, -0.2) is 13.6 Å². The van der Waals surface area contributed by atoms with Crippen molar-refractivity contribution in [1.29, 1.82) is 5.53 Å². The first-order valence-corrected chi connectivity index (χ1v) is 4.84. The van der Waals surface area contributed by atoms with E-state index in [0.29, 0.717) is 5.69 Å². The van der Waals surface area contributed by atoms with E-state index in [1.54, 1.807) is 0 Å². The van der Waals surface area contributed by atoms with E-state index in [9.17, 15) is 8.42 Å². The zero-order chi connectivity index (χ0) is 9.90. The highest BCUT2D eigenvalue weighted by Gasteiger charge is 2.05. The van der Waals surface area contributed by atoms with Crippen LogP contribution in [0.1, 0.15) is 0 Å². The molecule has 0 aliphatic carbocycles. The third-order valence-corrected chi connectivity index (χ3v) is 2.30. The highest BCUT2D eigenvalue weighted by Crippen LogP contribution is 2.12. The van der Waals surface area contributed by atoms with E-state index >= 15 is 0 Å². The van der Waals surface area contributed by atoms with E-state index in [2.05, 4.69) is 10.6 Å². The molecule has 1 rings (SSSR count). The minimum atomic E-state index is -3.64. The van der Waals surface area contributed by atoms with Gasteiger partial charge in [-0.2, -0.15) is 5.53 Å². The number of nitrogens with two attached hydrogens (primary N) is 1. The summed E-state index contributed by atoms with van der Waals surface area (Å²) in [5.41, 5.74) is 9.36. The highest BCUT2D eigenvalue weighted by molar-refractivity contribution is 7.89. The Labute approximate surface area is 75.3 Å². The molecule has 0 heterocycles. The summed E-state index contributed by atoms with van der Waals surface area (Å²) >= 11 is 0. The van der Waals surface area contributed by atoms with Gasteiger partial charge in [0.25, 0.3) is 0 Å². The number of anilines is 1. The topological polar surface area (TPSA) is 108 Å². The molecule has 1 aromatic rings. The summed E-state index contributed by atoms with van der Waals surface area (Å²) in [6, 6.07) is 5.61. The summed E-state index contributed by atoms with van der Waals surface area (Å²) in [7, 11) is -3.64. The second-order valence-corrected chi connectivity index (χ2v) is 3.85. The Morgan fingerprint density at radius 2 is 1.85 bits per heavy atom. The van der Waals surface area contributed by atoms with Crippen molar-refractivity contribution in [3.63, 3.8) is 0 Å². The van der Waals surface area contributed by atoms with Gasteiger partial charge < -0.3 is 0 Å². The summed E-state index contributed by atoms with van der Waals surface area (Å²) in [5.74, 6) is 0. The normalized spacial score (nSPS) is 10.8. The van der Waals surface area contributed by atoms with Gasteiger partial charge in [0.2, 0.25) is 10.0 Å². The first-order chi connectivity index (χ1) is 6.04. The van der Waals surface area contributed by atoms with Crippen LogP contribution in [-0.4, -0.2) is 8.42 Å². The molecule has 6 nitrogen and oxygen atoms in total. The predicted octanol–water partition coefficient (Wildman–Crippen LogP) is 0.692. The van der Waals surface area contributed by atoms with Gasteiger partial charge in [0, 0.05) is 0 Å². The number of sulfonamides is 1. The van der Waals surface area contributed by atoms with Crippen LogP contribution < -0.4 is 10.6 Å². The molecule has 0 aliphatic rings. The molecular formula is C6H8N4O2S. The number of primary sulfonamides is 1. The number of nitrogens with one attached hydrogen (secondary N) is 2. The van der Waals surface area contributed by atoms with Crippen molar-refractivity contribution in [2.75, 3.05) is 5.43 Å². The Balaban J connectivity index is 3.01. The maximum absolute atomic E-state index is 10.8. The molecule has 1 aromatic carbocycles. The van der Waals surface area contributed by atoms with Gasteiger partial charge >= 0.3 is 0 Å². The molecule has 13 heavy (non-hydrogen) atoms. The molecule has 0 spiro atoms. The quantitative estimate of drug-likeness (QED) is 0.493. The third-order valence-electron chi connectivity index (χ3n) is 1.37. The zero-order valence-electron chi connectivity index (χ0n) is 6.56. The number of hydrogen-bond acceptors (Lipinski definition) is 4. The summed E-state index contributed by atoms with van der Waals surface area (Å²) in [4.78, 5) is 0.0306. The lowest BCUT2D eigenvalue weighted by Gasteiger charge is -1.99. The van der Waals surface area contributed by atoms with Gasteiger partial charge in [0.1, 0.15) is 0 Å². The maximum Gasteiger partial charge on any atom is 0.238 e. The van der Waals surface area contributed by atoms with E-state index < -0.39 is 10.0 Å². The third kappa shape index (κ3) is 2.49. The molecule has 4 N–H and O–H groups in total. The monoisotopic (exact) mass is 200 g/mol. The van der Waals surface area contributed by atoms with Crippen molar-refractivity contribution in [3.8, 4) is 0 Å². The number of benzene rings is 1. The van der Waals surface area contributed by atoms with Crippen LogP contribution in [0.5, 0.6) is 0 Å². The van der Waals surface area contributed by atoms with Crippen molar-refractivity contribution in [2.24, 2.45) is 10.4 Å². The lowest BCUT2D eigenvalue weighted by molar-refractivity contribution is 0.598. The zero-order valence-corrected chi connectivity index (χ0v) is 7.38. The van der Waals surface area contributed by atoms with Gasteiger partial charge in [0.05, 0.1) is 10.6 Å². The second-order valence-electron chi connectivity index (χ2n) is 2.29. The van der Waals surface area contributed by atoms with E-state index in [-0.39, 0.29) is 4.90 Å². The van der Waals surface area contributed by atoms with E-state index in [1.165, 1.54) is 24.3 Å². The van der Waals surface area contributed by atoms with Gasteiger partial charge in [-0.15, -0.1) is 0 Å². The van der Waals surface area contributed by atoms with Crippen LogP contribution in [-0.2, 0) is 10.0 Å². The average Bonchev–Trinajstić information content (AvgIpc) is 2.04. The van der Waals surface area contributed by atoms with Crippen molar-refractivity contribution in [3.05, 3.63) is 24.3 Å². The smallest absolute Gasteiger partial charge is 0.238 e. The van der Waals surface area contributed by atoms with Crippen molar-refractivity contribution >= 4 is 15.7 Å². The maximum atomic E-state index is 10.8. The van der Waals surface area contributed by atoms with Crippen molar-refractivity contribution in [1.82, 2.24) is 0 Å². The fourth-order valence-electron chi connectivity index (χ4n) is 0.784. The lowest BCUT2D eigenvalue weighted by atomic mass is 10.3. The van der Waals surface area contributed by atoms with Crippen LogP contribution in [0.15, 0.2) is 34.4 Å². The van der Waals surface area contributed by atoms with Gasteiger partial charge in [-0.3, -0.25) is 5.43 Å². The highest BCUT2D eigenvalue weighted by atomic mass is 32.2. The van der Waals surface area contributed by atoms with Crippen LogP contribution in [0, 0.1) is 5.53 Å². The lowest BCUT2D eigenvalue weighted by Crippen LogP contribution is -2.11. The minimum Gasteiger partial charge on any atom is -0.260 e. The molecule has 0 radical (unpaired) electrons. The summed E-state index contributed by atoms with van der Waals surface area (Å²) in [5, 5.41) is 7.79. The first-order valence-electron chi connectivity index (χ1n) is 3.29. The molecule has 0 amide bonds. The van der Waals surface area contributed by atoms with E-state index in [0.717, 1.165) is 0 Å². The molecule has 0 unspecified atom stereocenters. The molecule has 70 valence electrons. The number of rotatable bonds is 3. The Morgan fingerprint density at radius 1 is 1.31 bits per heavy atom. The SMILES string of the molecule is N=NNc1ccc(S(N)(=O)=O)cc1. The Bertz CT molecular complexity index is 397. The Hall–Kier alpha value is -1.47. The number of hydrogen-bond donors (Lipinski definition) is 3. The van der Waals surface area contributed by atoms with Gasteiger partial charge in [-0.1, -0.05) is 5.22 Å². The van der Waals surface area contributed by atoms with Gasteiger partial charge in [-0.05, 0) is 24.3 Å². The summed E-state index contributed by atoms with van der Waals surface area (Å²) < 4.78 is 21.6. The molecule has 0 saturated heterocycles. The summed E-state index contributed by atoms with van der Waals surface area (Å²) in [6.07, 6.45) is 0. The molecule has 0 bridgehead atoms. The summed E-state index contributed by atoms with van der Waals surface area (Å²) in [6.45, 7) is 0. The first kappa shape index (κ1) is 9.62. The fraction of sp³-hybridized carbons (Fsp3) is 0. The van der Waals surface area contributed by atoms with E-state index in [4.69, 9.17) is 10.7 Å².